The van der Waals surface area contributed by atoms with Gasteiger partial charge in [-0.25, -0.2) is 4.98 Å². The number of aliphatic hydroxyl groups excluding tert-OH is 1. The molecule has 8 nitrogen and oxygen atoms in total. The van der Waals surface area contributed by atoms with Crippen LogP contribution in [0.3, 0.4) is 0 Å². The highest BCUT2D eigenvalue weighted by atomic mass is 16.3. The zero-order valence-electron chi connectivity index (χ0n) is 17.6. The summed E-state index contributed by atoms with van der Waals surface area (Å²) < 4.78 is 5.61. The second-order valence-corrected chi connectivity index (χ2v) is 8.82. The van der Waals surface area contributed by atoms with Gasteiger partial charge in [0.25, 0.3) is 5.91 Å². The van der Waals surface area contributed by atoms with E-state index in [0.717, 1.165) is 64.9 Å². The quantitative estimate of drug-likeness (QED) is 0.753. The van der Waals surface area contributed by atoms with Crippen molar-refractivity contribution in [1.29, 1.82) is 0 Å². The Kier molecular flexibility index (Phi) is 6.85. The van der Waals surface area contributed by atoms with Gasteiger partial charge in [0.2, 0.25) is 5.89 Å². The van der Waals surface area contributed by atoms with Crippen molar-refractivity contribution in [2.45, 2.75) is 51.3 Å². The molecule has 0 bridgehead atoms. The van der Waals surface area contributed by atoms with Gasteiger partial charge in [-0.15, -0.1) is 0 Å². The average Bonchev–Trinajstić information content (AvgIpc) is 3.41. The van der Waals surface area contributed by atoms with Gasteiger partial charge < -0.3 is 14.4 Å². The zero-order chi connectivity index (χ0) is 20.2. The van der Waals surface area contributed by atoms with Crippen molar-refractivity contribution < 1.29 is 14.3 Å². The van der Waals surface area contributed by atoms with Gasteiger partial charge in [-0.3, -0.25) is 19.5 Å². The second-order valence-electron chi connectivity index (χ2n) is 8.82. The number of hydrogen-bond acceptors (Lipinski definition) is 7. The Morgan fingerprint density at radius 1 is 1.10 bits per heavy atom. The molecule has 3 aliphatic rings. The number of piperazine rings is 2. The molecule has 1 atom stereocenters. The van der Waals surface area contributed by atoms with Gasteiger partial charge in [0, 0.05) is 64.9 Å². The van der Waals surface area contributed by atoms with Crippen molar-refractivity contribution in [3.63, 3.8) is 0 Å². The monoisotopic (exact) mass is 405 g/mol. The fraction of sp³-hybridized carbons (Fsp3) is 0.810. The Morgan fingerprint density at radius 2 is 1.76 bits per heavy atom. The number of β-amino-alcohol motifs (C(OH)–C–C–N with tert-alkyl or cyclic N) is 1. The van der Waals surface area contributed by atoms with Crippen LogP contribution in [-0.2, 0) is 6.54 Å². The third-order valence-electron chi connectivity index (χ3n) is 6.56. The lowest BCUT2D eigenvalue weighted by Crippen LogP contribution is -2.51. The van der Waals surface area contributed by atoms with Crippen molar-refractivity contribution in [2.75, 3.05) is 58.9 Å². The Bertz CT molecular complexity index is 657. The fourth-order valence-corrected chi connectivity index (χ4v) is 4.90. The molecule has 2 aliphatic heterocycles. The van der Waals surface area contributed by atoms with Crippen molar-refractivity contribution in [1.82, 2.24) is 24.6 Å². The first-order valence-electron chi connectivity index (χ1n) is 11.2. The van der Waals surface area contributed by atoms with E-state index in [2.05, 4.69) is 19.7 Å². The van der Waals surface area contributed by atoms with Crippen LogP contribution in [0.4, 0.5) is 0 Å². The molecule has 1 aromatic heterocycles. The number of nitrogens with zero attached hydrogens (tertiary/aromatic N) is 5. The summed E-state index contributed by atoms with van der Waals surface area (Å²) in [5, 5.41) is 9.52. The Morgan fingerprint density at radius 3 is 2.41 bits per heavy atom. The van der Waals surface area contributed by atoms with Crippen LogP contribution in [0.2, 0.25) is 0 Å². The second kappa shape index (κ2) is 9.55. The number of rotatable bonds is 6. The maximum atomic E-state index is 12.8. The predicted octanol–water partition coefficient (Wildman–Crippen LogP) is 0.873. The van der Waals surface area contributed by atoms with Gasteiger partial charge in [-0.1, -0.05) is 12.8 Å². The van der Waals surface area contributed by atoms with Crippen molar-refractivity contribution in [3.8, 4) is 0 Å². The lowest BCUT2D eigenvalue weighted by atomic mass is 10.2. The average molecular weight is 406 g/mol. The molecule has 1 aromatic rings. The van der Waals surface area contributed by atoms with Crippen LogP contribution >= 0.6 is 0 Å². The van der Waals surface area contributed by atoms with Gasteiger partial charge >= 0.3 is 0 Å². The highest BCUT2D eigenvalue weighted by molar-refractivity contribution is 5.92. The molecular formula is C21H35N5O3. The highest BCUT2D eigenvalue weighted by Crippen LogP contribution is 2.24. The van der Waals surface area contributed by atoms with E-state index in [1.165, 1.54) is 31.9 Å². The highest BCUT2D eigenvalue weighted by Gasteiger charge is 2.29. The number of aliphatic hydroxyl groups is 1. The summed E-state index contributed by atoms with van der Waals surface area (Å²) in [5.41, 5.74) is 0.432. The summed E-state index contributed by atoms with van der Waals surface area (Å²) in [7, 11) is 0. The molecule has 0 aromatic carbocycles. The molecule has 0 radical (unpaired) electrons. The summed E-state index contributed by atoms with van der Waals surface area (Å²) in [6.07, 6.45) is 6.55. The third kappa shape index (κ3) is 5.36. The summed E-state index contributed by atoms with van der Waals surface area (Å²) >= 11 is 0. The minimum Gasteiger partial charge on any atom is -0.447 e. The van der Waals surface area contributed by atoms with E-state index in [0.29, 0.717) is 18.1 Å². The molecule has 162 valence electrons. The van der Waals surface area contributed by atoms with Gasteiger partial charge in [-0.2, -0.15) is 0 Å². The first-order chi connectivity index (χ1) is 14.1. The van der Waals surface area contributed by atoms with Gasteiger partial charge in [-0.05, 0) is 19.8 Å². The first kappa shape index (κ1) is 20.8. The minimum atomic E-state index is -0.290. The number of amides is 1. The Balaban J connectivity index is 1.23. The maximum Gasteiger partial charge on any atom is 0.275 e. The van der Waals surface area contributed by atoms with Crippen LogP contribution in [0.25, 0.3) is 0 Å². The van der Waals surface area contributed by atoms with Gasteiger partial charge in [0.15, 0.2) is 5.69 Å². The van der Waals surface area contributed by atoms with Crippen LogP contribution in [0.1, 0.15) is 49.0 Å². The van der Waals surface area contributed by atoms with Gasteiger partial charge in [0.1, 0.15) is 6.26 Å². The lowest BCUT2D eigenvalue weighted by molar-refractivity contribution is 0.0568. The number of carbonyl (C=O) groups is 1. The molecule has 3 fully saturated rings. The van der Waals surface area contributed by atoms with Crippen LogP contribution < -0.4 is 0 Å². The molecule has 4 rings (SSSR count). The van der Waals surface area contributed by atoms with Crippen LogP contribution in [0, 0.1) is 0 Å². The summed E-state index contributed by atoms with van der Waals surface area (Å²) in [6, 6.07) is 0.729. The van der Waals surface area contributed by atoms with E-state index in [1.54, 1.807) is 0 Å². The van der Waals surface area contributed by atoms with Crippen molar-refractivity contribution in [3.05, 3.63) is 17.8 Å². The summed E-state index contributed by atoms with van der Waals surface area (Å²) in [5.74, 6) is 0.606. The summed E-state index contributed by atoms with van der Waals surface area (Å²) in [6.45, 7) is 10.4. The number of oxazole rings is 1. The fourth-order valence-electron chi connectivity index (χ4n) is 4.90. The van der Waals surface area contributed by atoms with Crippen LogP contribution in [-0.4, -0.2) is 107 Å². The molecule has 1 N–H and O–H groups in total. The SMILES string of the molecule is C[C@@H](O)CN1CCN(Cc2nc(C(=O)N3CCN(C4CCCC4)CC3)co2)CC1. The van der Waals surface area contributed by atoms with E-state index in [9.17, 15) is 9.90 Å². The molecule has 1 amide bonds. The molecule has 3 heterocycles. The Hall–Kier alpha value is -1.48. The molecule has 1 saturated carbocycles. The number of carbonyl (C=O) groups excluding carboxylic acids is 1. The standard InChI is InChI=1S/C21H35N5O3/c1-17(27)14-23-6-8-24(9-7-23)15-20-22-19(16-29-20)21(28)26-12-10-25(11-13-26)18-4-2-3-5-18/h16-18,27H,2-15H2,1H3/t17-/m1/s1. The topological polar surface area (TPSA) is 76.3 Å². The van der Waals surface area contributed by atoms with E-state index in [4.69, 9.17) is 4.42 Å². The van der Waals surface area contributed by atoms with Crippen molar-refractivity contribution >= 4 is 5.91 Å². The molecule has 2 saturated heterocycles. The van der Waals surface area contributed by atoms with Crippen LogP contribution in [0.15, 0.2) is 10.7 Å². The third-order valence-corrected chi connectivity index (χ3v) is 6.56. The molecule has 1 aliphatic carbocycles. The first-order valence-corrected chi connectivity index (χ1v) is 11.2. The molecule has 8 heteroatoms. The van der Waals surface area contributed by atoms with Gasteiger partial charge in [0.05, 0.1) is 12.6 Å². The Labute approximate surface area is 173 Å². The minimum absolute atomic E-state index is 0.00664. The predicted molar refractivity (Wildman–Crippen MR) is 110 cm³/mol. The maximum absolute atomic E-state index is 12.8. The summed E-state index contributed by atoms with van der Waals surface area (Å²) in [4.78, 5) is 26.3. The normalized spacial score (nSPS) is 24.3. The molecule has 29 heavy (non-hydrogen) atoms. The molecule has 0 spiro atoms. The molecule has 0 unspecified atom stereocenters. The number of hydrogen-bond donors (Lipinski definition) is 1. The largest absolute Gasteiger partial charge is 0.447 e. The van der Waals surface area contributed by atoms with E-state index in [-0.39, 0.29) is 12.0 Å². The van der Waals surface area contributed by atoms with Crippen molar-refractivity contribution in [2.24, 2.45) is 0 Å². The lowest BCUT2D eigenvalue weighted by Gasteiger charge is -2.37. The van der Waals surface area contributed by atoms with E-state index in [1.807, 2.05) is 11.8 Å². The molecular weight excluding hydrogens is 370 g/mol. The zero-order valence-corrected chi connectivity index (χ0v) is 17.6. The van der Waals surface area contributed by atoms with E-state index >= 15 is 0 Å². The smallest absolute Gasteiger partial charge is 0.275 e. The van der Waals surface area contributed by atoms with E-state index < -0.39 is 0 Å². The van der Waals surface area contributed by atoms with Crippen LogP contribution in [0.5, 0.6) is 0 Å². The number of aromatic nitrogens is 1.